The maximum atomic E-state index is 12.6. The number of hydrogen-bond acceptors (Lipinski definition) is 6. The monoisotopic (exact) mass is 486 g/mol. The van der Waals surface area contributed by atoms with E-state index >= 15 is 0 Å². The first-order valence-electron chi connectivity index (χ1n) is 10.1. The highest BCUT2D eigenvalue weighted by Gasteiger charge is 2.24. The van der Waals surface area contributed by atoms with Gasteiger partial charge in [0.25, 0.3) is 5.91 Å². The number of carbonyl (C=O) groups is 2. The summed E-state index contributed by atoms with van der Waals surface area (Å²) in [5, 5.41) is 3.60. The maximum Gasteiger partial charge on any atom is 0.375 e. The number of aryl methyl sites for hydroxylation is 1. The summed E-state index contributed by atoms with van der Waals surface area (Å²) in [6, 6.07) is 13.1. The molecule has 1 atom stereocenters. The highest BCUT2D eigenvalue weighted by molar-refractivity contribution is 9.10. The topological polar surface area (TPSA) is 81.0 Å². The molecule has 0 bridgehead atoms. The van der Waals surface area contributed by atoms with Crippen LogP contribution in [0.15, 0.2) is 51.4 Å². The summed E-state index contributed by atoms with van der Waals surface area (Å²) in [5.41, 5.74) is 2.97. The average Bonchev–Trinajstić information content (AvgIpc) is 3.11. The van der Waals surface area contributed by atoms with Gasteiger partial charge in [-0.2, -0.15) is 0 Å². The van der Waals surface area contributed by atoms with Crippen LogP contribution in [-0.4, -0.2) is 44.3 Å². The molecule has 2 aromatic carbocycles. The number of benzene rings is 2. The van der Waals surface area contributed by atoms with Crippen molar-refractivity contribution in [3.05, 3.63) is 58.3 Å². The van der Waals surface area contributed by atoms with Gasteiger partial charge in [0, 0.05) is 39.9 Å². The van der Waals surface area contributed by atoms with Crippen molar-refractivity contribution >= 4 is 50.2 Å². The second-order valence-corrected chi connectivity index (χ2v) is 8.30. The molecule has 0 aliphatic carbocycles. The summed E-state index contributed by atoms with van der Waals surface area (Å²) in [6.45, 7) is 6.43. The number of nitrogens with one attached hydrogen (secondary N) is 1. The highest BCUT2D eigenvalue weighted by atomic mass is 79.9. The van der Waals surface area contributed by atoms with Gasteiger partial charge in [-0.1, -0.05) is 15.9 Å². The van der Waals surface area contributed by atoms with Crippen LogP contribution in [0.4, 0.5) is 11.4 Å². The minimum absolute atomic E-state index is 0.0996. The zero-order chi connectivity index (χ0) is 22.0. The standard InChI is InChI=1S/C23H23BrN2O5/c1-14-19-13-16(24)3-8-20(19)31-21(14)23(28)30-15(2)22(27)25-17-4-6-18(7-5-17)26-9-11-29-12-10-26/h3-8,13,15H,9-12H2,1-2H3,(H,25,27). The Morgan fingerprint density at radius 3 is 2.55 bits per heavy atom. The molecule has 1 unspecified atom stereocenters. The molecule has 0 saturated carbocycles. The van der Waals surface area contributed by atoms with Gasteiger partial charge in [0.15, 0.2) is 6.10 Å². The number of hydrogen-bond donors (Lipinski definition) is 1. The zero-order valence-electron chi connectivity index (χ0n) is 17.3. The number of halogens is 1. The summed E-state index contributed by atoms with van der Waals surface area (Å²) in [6.07, 6.45) is -0.981. The third-order valence-electron chi connectivity index (χ3n) is 5.25. The first kappa shape index (κ1) is 21.4. The van der Waals surface area contributed by atoms with Gasteiger partial charge in [-0.25, -0.2) is 4.79 Å². The van der Waals surface area contributed by atoms with E-state index < -0.39 is 18.0 Å². The van der Waals surface area contributed by atoms with Crippen LogP contribution in [0, 0.1) is 6.92 Å². The van der Waals surface area contributed by atoms with E-state index in [0.717, 1.165) is 28.6 Å². The predicted octanol–water partition coefficient (Wildman–Crippen LogP) is 4.52. The number of amides is 1. The lowest BCUT2D eigenvalue weighted by atomic mass is 10.1. The maximum absolute atomic E-state index is 12.6. The third kappa shape index (κ3) is 4.75. The quantitative estimate of drug-likeness (QED) is 0.533. The predicted molar refractivity (Wildman–Crippen MR) is 122 cm³/mol. The summed E-state index contributed by atoms with van der Waals surface area (Å²) < 4.78 is 17.2. The molecule has 1 aliphatic rings. The van der Waals surface area contributed by atoms with Gasteiger partial charge < -0.3 is 24.1 Å². The Morgan fingerprint density at radius 2 is 1.84 bits per heavy atom. The Bertz CT molecular complexity index is 1100. The average molecular weight is 487 g/mol. The SMILES string of the molecule is Cc1c(C(=O)OC(C)C(=O)Nc2ccc(N3CCOCC3)cc2)oc2ccc(Br)cc12. The van der Waals surface area contributed by atoms with Crippen LogP contribution in [0.25, 0.3) is 11.0 Å². The van der Waals surface area contributed by atoms with E-state index in [9.17, 15) is 9.59 Å². The van der Waals surface area contributed by atoms with Crippen molar-refractivity contribution in [2.45, 2.75) is 20.0 Å². The van der Waals surface area contributed by atoms with Crippen molar-refractivity contribution in [1.29, 1.82) is 0 Å². The summed E-state index contributed by atoms with van der Waals surface area (Å²) >= 11 is 3.41. The number of furan rings is 1. The fraction of sp³-hybridized carbons (Fsp3) is 0.304. The van der Waals surface area contributed by atoms with Crippen LogP contribution in [0.1, 0.15) is 23.0 Å². The van der Waals surface area contributed by atoms with Gasteiger partial charge in [-0.3, -0.25) is 4.79 Å². The second kappa shape index (κ2) is 9.11. The molecule has 1 aliphatic heterocycles. The molecule has 0 radical (unpaired) electrons. The molecule has 0 spiro atoms. The van der Waals surface area contributed by atoms with E-state index in [1.165, 1.54) is 6.92 Å². The van der Waals surface area contributed by atoms with Crippen molar-refractivity contribution in [3.63, 3.8) is 0 Å². The Kier molecular flexibility index (Phi) is 6.29. The largest absolute Gasteiger partial charge is 0.449 e. The Hall–Kier alpha value is -2.84. The molecule has 1 saturated heterocycles. The van der Waals surface area contributed by atoms with Crippen molar-refractivity contribution in [2.75, 3.05) is 36.5 Å². The lowest BCUT2D eigenvalue weighted by Crippen LogP contribution is -2.36. The van der Waals surface area contributed by atoms with Crippen molar-refractivity contribution in [3.8, 4) is 0 Å². The van der Waals surface area contributed by atoms with Gasteiger partial charge in [0.1, 0.15) is 5.58 Å². The molecule has 1 aromatic heterocycles. The highest BCUT2D eigenvalue weighted by Crippen LogP contribution is 2.28. The van der Waals surface area contributed by atoms with E-state index in [1.54, 1.807) is 13.0 Å². The molecular formula is C23H23BrN2O5. The number of anilines is 2. The van der Waals surface area contributed by atoms with E-state index in [0.29, 0.717) is 30.0 Å². The first-order valence-corrected chi connectivity index (χ1v) is 10.8. The minimum Gasteiger partial charge on any atom is -0.449 e. The number of ether oxygens (including phenoxy) is 2. The summed E-state index contributed by atoms with van der Waals surface area (Å²) in [4.78, 5) is 27.3. The number of esters is 1. The molecule has 7 nitrogen and oxygen atoms in total. The first-order chi connectivity index (χ1) is 14.9. The normalized spacial score (nSPS) is 15.0. The molecule has 31 heavy (non-hydrogen) atoms. The fourth-order valence-corrected chi connectivity index (χ4v) is 3.84. The number of fused-ring (bicyclic) bond motifs is 1. The van der Waals surface area contributed by atoms with Crippen molar-refractivity contribution in [2.24, 2.45) is 0 Å². The third-order valence-corrected chi connectivity index (χ3v) is 5.74. The van der Waals surface area contributed by atoms with Gasteiger partial charge in [-0.05, 0) is 56.3 Å². The van der Waals surface area contributed by atoms with Crippen molar-refractivity contribution < 1.29 is 23.5 Å². The van der Waals surface area contributed by atoms with Gasteiger partial charge in [0.2, 0.25) is 5.76 Å². The molecule has 1 amide bonds. The van der Waals surface area contributed by atoms with Crippen LogP contribution in [-0.2, 0) is 14.3 Å². The second-order valence-electron chi connectivity index (χ2n) is 7.38. The van der Waals surface area contributed by atoms with Gasteiger partial charge in [-0.15, -0.1) is 0 Å². The van der Waals surface area contributed by atoms with E-state index in [1.807, 2.05) is 36.4 Å². The molecular weight excluding hydrogens is 464 g/mol. The Morgan fingerprint density at radius 1 is 1.13 bits per heavy atom. The number of nitrogens with zero attached hydrogens (tertiary/aromatic N) is 1. The Balaban J connectivity index is 1.38. The van der Waals surface area contributed by atoms with E-state index in [4.69, 9.17) is 13.9 Å². The zero-order valence-corrected chi connectivity index (χ0v) is 18.9. The Labute approximate surface area is 188 Å². The van der Waals surface area contributed by atoms with Crippen molar-refractivity contribution in [1.82, 2.24) is 0 Å². The summed E-state index contributed by atoms with van der Waals surface area (Å²) in [7, 11) is 0. The molecule has 1 fully saturated rings. The van der Waals surface area contributed by atoms with Gasteiger partial charge >= 0.3 is 5.97 Å². The van der Waals surface area contributed by atoms with Crippen LogP contribution in [0.5, 0.6) is 0 Å². The molecule has 4 rings (SSSR count). The molecule has 3 aromatic rings. The van der Waals surface area contributed by atoms with E-state index in [2.05, 4.69) is 26.1 Å². The van der Waals surface area contributed by atoms with Crippen LogP contribution in [0.3, 0.4) is 0 Å². The number of rotatable bonds is 5. The van der Waals surface area contributed by atoms with Crippen LogP contribution in [0.2, 0.25) is 0 Å². The van der Waals surface area contributed by atoms with Gasteiger partial charge in [0.05, 0.1) is 13.2 Å². The lowest BCUT2D eigenvalue weighted by molar-refractivity contribution is -0.123. The minimum atomic E-state index is -0.981. The summed E-state index contributed by atoms with van der Waals surface area (Å²) in [5.74, 6) is -0.985. The van der Waals surface area contributed by atoms with Crippen LogP contribution >= 0.6 is 15.9 Å². The molecule has 1 N–H and O–H groups in total. The number of morpholine rings is 1. The smallest absolute Gasteiger partial charge is 0.375 e. The van der Waals surface area contributed by atoms with E-state index in [-0.39, 0.29) is 5.76 Å². The molecule has 8 heteroatoms. The van der Waals surface area contributed by atoms with Crippen LogP contribution < -0.4 is 10.2 Å². The fourth-order valence-electron chi connectivity index (χ4n) is 3.48. The molecule has 2 heterocycles. The molecule has 162 valence electrons. The lowest BCUT2D eigenvalue weighted by Gasteiger charge is -2.28. The number of carbonyl (C=O) groups excluding carboxylic acids is 2.